The lowest BCUT2D eigenvalue weighted by molar-refractivity contribution is 0.0633. The lowest BCUT2D eigenvalue weighted by Crippen LogP contribution is -2.48. The van der Waals surface area contributed by atoms with Crippen LogP contribution in [0.3, 0.4) is 0 Å². The van der Waals surface area contributed by atoms with Crippen LogP contribution >= 0.6 is 0 Å². The van der Waals surface area contributed by atoms with Gasteiger partial charge in [0.25, 0.3) is 5.91 Å². The zero-order chi connectivity index (χ0) is 17.9. The molecule has 26 heavy (non-hydrogen) atoms. The van der Waals surface area contributed by atoms with Gasteiger partial charge in [-0.25, -0.2) is 0 Å². The van der Waals surface area contributed by atoms with Crippen LogP contribution in [0.2, 0.25) is 0 Å². The van der Waals surface area contributed by atoms with E-state index in [2.05, 4.69) is 36.5 Å². The van der Waals surface area contributed by atoms with E-state index in [4.69, 9.17) is 9.47 Å². The molecule has 2 aromatic carbocycles. The molecule has 0 aromatic heterocycles. The lowest BCUT2D eigenvalue weighted by Gasteiger charge is -2.37. The van der Waals surface area contributed by atoms with Gasteiger partial charge in [0, 0.05) is 25.2 Å². The molecule has 1 amide bonds. The molecule has 0 radical (unpaired) electrons. The van der Waals surface area contributed by atoms with Crippen LogP contribution in [0.5, 0.6) is 11.5 Å². The molecule has 136 valence electrons. The van der Waals surface area contributed by atoms with E-state index in [0.29, 0.717) is 36.8 Å². The number of hydrogen-bond donors (Lipinski definition) is 1. The molecule has 2 aliphatic rings. The smallest absolute Gasteiger partial charge is 0.254 e. The van der Waals surface area contributed by atoms with Gasteiger partial charge in [-0.05, 0) is 35.7 Å². The van der Waals surface area contributed by atoms with Gasteiger partial charge >= 0.3 is 0 Å². The summed E-state index contributed by atoms with van der Waals surface area (Å²) in [5.41, 5.74) is 3.12. The minimum atomic E-state index is 0.0352. The first-order valence-corrected chi connectivity index (χ1v) is 9.26. The number of carbonyl (C=O) groups is 1. The SMILES string of the molecule is CCc1ccc(C2CNCCN2C(=O)c2ccc3c(c2)OCCO3)cc1. The van der Waals surface area contributed by atoms with Crippen LogP contribution < -0.4 is 14.8 Å². The molecule has 1 atom stereocenters. The quantitative estimate of drug-likeness (QED) is 0.923. The normalized spacial score (nSPS) is 19.3. The lowest BCUT2D eigenvalue weighted by atomic mass is 10.00. The van der Waals surface area contributed by atoms with Gasteiger partial charge in [-0.2, -0.15) is 0 Å². The first kappa shape index (κ1) is 16.9. The summed E-state index contributed by atoms with van der Waals surface area (Å²) >= 11 is 0. The summed E-state index contributed by atoms with van der Waals surface area (Å²) in [6.45, 7) is 5.47. The van der Waals surface area contributed by atoms with Crippen LogP contribution in [0.15, 0.2) is 42.5 Å². The zero-order valence-corrected chi connectivity index (χ0v) is 15.0. The van der Waals surface area contributed by atoms with Crippen LogP contribution in [0, 0.1) is 0 Å². The van der Waals surface area contributed by atoms with Crippen molar-refractivity contribution in [2.24, 2.45) is 0 Å². The number of rotatable bonds is 3. The van der Waals surface area contributed by atoms with Crippen molar-refractivity contribution in [2.75, 3.05) is 32.8 Å². The van der Waals surface area contributed by atoms with Gasteiger partial charge < -0.3 is 19.7 Å². The monoisotopic (exact) mass is 352 g/mol. The number of carbonyl (C=O) groups excluding carboxylic acids is 1. The average Bonchev–Trinajstić information content (AvgIpc) is 2.73. The third-order valence-electron chi connectivity index (χ3n) is 5.07. The summed E-state index contributed by atoms with van der Waals surface area (Å²) in [5.74, 6) is 1.40. The van der Waals surface area contributed by atoms with E-state index in [-0.39, 0.29) is 11.9 Å². The van der Waals surface area contributed by atoms with E-state index in [9.17, 15) is 4.79 Å². The zero-order valence-electron chi connectivity index (χ0n) is 15.0. The highest BCUT2D eigenvalue weighted by molar-refractivity contribution is 5.95. The van der Waals surface area contributed by atoms with Crippen LogP contribution in [0.4, 0.5) is 0 Å². The van der Waals surface area contributed by atoms with Gasteiger partial charge in [0.2, 0.25) is 0 Å². The highest BCUT2D eigenvalue weighted by Crippen LogP contribution is 2.32. The summed E-state index contributed by atoms with van der Waals surface area (Å²) in [6, 6.07) is 14.1. The third-order valence-corrected chi connectivity index (χ3v) is 5.07. The Bertz CT molecular complexity index is 788. The number of hydrogen-bond acceptors (Lipinski definition) is 4. The van der Waals surface area contributed by atoms with Crippen molar-refractivity contribution in [1.29, 1.82) is 0 Å². The fraction of sp³-hybridized carbons (Fsp3) is 0.381. The molecule has 1 saturated heterocycles. The Hall–Kier alpha value is -2.53. The molecule has 0 bridgehead atoms. The second-order valence-electron chi connectivity index (χ2n) is 6.67. The summed E-state index contributed by atoms with van der Waals surface area (Å²) in [5, 5.41) is 3.41. The number of amides is 1. The first-order valence-electron chi connectivity index (χ1n) is 9.26. The highest BCUT2D eigenvalue weighted by atomic mass is 16.6. The van der Waals surface area contributed by atoms with Crippen molar-refractivity contribution in [3.8, 4) is 11.5 Å². The van der Waals surface area contributed by atoms with E-state index in [1.807, 2.05) is 17.0 Å². The molecule has 1 N–H and O–H groups in total. The summed E-state index contributed by atoms with van der Waals surface area (Å²) < 4.78 is 11.2. The second-order valence-corrected chi connectivity index (χ2v) is 6.67. The van der Waals surface area contributed by atoms with E-state index in [1.165, 1.54) is 11.1 Å². The Morgan fingerprint density at radius 1 is 1.12 bits per heavy atom. The standard InChI is InChI=1S/C21H24N2O3/c1-2-15-3-5-16(6-4-15)18-14-22-9-10-23(18)21(24)17-7-8-19-20(13-17)26-12-11-25-19/h3-8,13,18,22H,2,9-12,14H2,1H3. The number of benzene rings is 2. The number of nitrogens with zero attached hydrogens (tertiary/aromatic N) is 1. The molecule has 5 nitrogen and oxygen atoms in total. The number of fused-ring (bicyclic) bond motifs is 1. The van der Waals surface area contributed by atoms with E-state index < -0.39 is 0 Å². The Balaban J connectivity index is 1.60. The Labute approximate surface area is 153 Å². The van der Waals surface area contributed by atoms with Crippen LogP contribution in [0.1, 0.15) is 34.5 Å². The topological polar surface area (TPSA) is 50.8 Å². The molecule has 5 heteroatoms. The molecule has 4 rings (SSSR count). The molecular weight excluding hydrogens is 328 g/mol. The first-order chi connectivity index (χ1) is 12.8. The predicted molar refractivity (Wildman–Crippen MR) is 99.9 cm³/mol. The highest BCUT2D eigenvalue weighted by Gasteiger charge is 2.29. The summed E-state index contributed by atoms with van der Waals surface area (Å²) in [7, 11) is 0. The van der Waals surface area contributed by atoms with Gasteiger partial charge in [-0.1, -0.05) is 31.2 Å². The van der Waals surface area contributed by atoms with Gasteiger partial charge in [0.05, 0.1) is 6.04 Å². The van der Waals surface area contributed by atoms with Crippen LogP contribution in [0.25, 0.3) is 0 Å². The van der Waals surface area contributed by atoms with Crippen molar-refractivity contribution in [1.82, 2.24) is 10.2 Å². The van der Waals surface area contributed by atoms with E-state index in [0.717, 1.165) is 19.5 Å². The Morgan fingerprint density at radius 2 is 1.88 bits per heavy atom. The maximum atomic E-state index is 13.2. The molecule has 2 heterocycles. The van der Waals surface area contributed by atoms with E-state index >= 15 is 0 Å². The van der Waals surface area contributed by atoms with Gasteiger partial charge in [0.1, 0.15) is 13.2 Å². The fourth-order valence-electron chi connectivity index (χ4n) is 3.56. The van der Waals surface area contributed by atoms with Crippen molar-refractivity contribution in [3.63, 3.8) is 0 Å². The molecule has 0 spiro atoms. The van der Waals surface area contributed by atoms with Crippen molar-refractivity contribution in [3.05, 3.63) is 59.2 Å². The number of nitrogens with one attached hydrogen (secondary N) is 1. The second kappa shape index (κ2) is 7.38. The minimum Gasteiger partial charge on any atom is -0.486 e. The molecule has 2 aliphatic heterocycles. The molecule has 1 fully saturated rings. The molecule has 2 aromatic rings. The van der Waals surface area contributed by atoms with Gasteiger partial charge in [-0.3, -0.25) is 4.79 Å². The van der Waals surface area contributed by atoms with Gasteiger partial charge in [-0.15, -0.1) is 0 Å². The average molecular weight is 352 g/mol. The summed E-state index contributed by atoms with van der Waals surface area (Å²) in [4.78, 5) is 15.2. The number of ether oxygens (including phenoxy) is 2. The van der Waals surface area contributed by atoms with Gasteiger partial charge in [0.15, 0.2) is 11.5 Å². The van der Waals surface area contributed by atoms with E-state index in [1.54, 1.807) is 6.07 Å². The largest absolute Gasteiger partial charge is 0.486 e. The molecule has 0 aliphatic carbocycles. The number of aryl methyl sites for hydroxylation is 1. The van der Waals surface area contributed by atoms with Crippen molar-refractivity contribution in [2.45, 2.75) is 19.4 Å². The third kappa shape index (κ3) is 3.27. The molecule has 1 unspecified atom stereocenters. The Morgan fingerprint density at radius 3 is 2.65 bits per heavy atom. The number of piperazine rings is 1. The fourth-order valence-corrected chi connectivity index (χ4v) is 3.56. The van der Waals surface area contributed by atoms with Crippen molar-refractivity contribution >= 4 is 5.91 Å². The summed E-state index contributed by atoms with van der Waals surface area (Å²) in [6.07, 6.45) is 1.02. The predicted octanol–water partition coefficient (Wildman–Crippen LogP) is 2.81. The van der Waals surface area contributed by atoms with Crippen LogP contribution in [-0.4, -0.2) is 43.7 Å². The van der Waals surface area contributed by atoms with Crippen LogP contribution in [-0.2, 0) is 6.42 Å². The minimum absolute atomic E-state index is 0.0352. The maximum Gasteiger partial charge on any atom is 0.254 e. The molecular formula is C21H24N2O3. The maximum absolute atomic E-state index is 13.2. The van der Waals surface area contributed by atoms with Crippen molar-refractivity contribution < 1.29 is 14.3 Å². The Kier molecular flexibility index (Phi) is 4.80. The molecule has 0 saturated carbocycles.